The van der Waals surface area contributed by atoms with Crippen molar-refractivity contribution in [3.63, 3.8) is 0 Å². The molecule has 0 spiro atoms. The highest BCUT2D eigenvalue weighted by atomic mass is 32.1. The minimum atomic E-state index is 1.08. The van der Waals surface area contributed by atoms with Gasteiger partial charge in [-0.2, -0.15) is 11.3 Å². The third-order valence-corrected chi connectivity index (χ3v) is 2.09. The average Bonchev–Trinajstić information content (AvgIpc) is 2.37. The molecular formula is C7H11NS. The topological polar surface area (TPSA) is 3.24 Å². The molecule has 1 aromatic heterocycles. The van der Waals surface area contributed by atoms with Crippen LogP contribution in [0.4, 0.5) is 5.69 Å². The van der Waals surface area contributed by atoms with Crippen molar-refractivity contribution in [2.45, 2.75) is 6.92 Å². The van der Waals surface area contributed by atoms with Crippen LogP contribution in [-0.2, 0) is 0 Å². The Morgan fingerprint density at radius 3 is 2.89 bits per heavy atom. The maximum atomic E-state index is 2.22. The second kappa shape index (κ2) is 2.87. The van der Waals surface area contributed by atoms with E-state index in [0.717, 1.165) is 6.54 Å². The smallest absolute Gasteiger partial charge is 0.0472 e. The number of thiophene rings is 1. The van der Waals surface area contributed by atoms with E-state index in [1.807, 2.05) is 0 Å². The van der Waals surface area contributed by atoms with Crippen LogP contribution >= 0.6 is 11.3 Å². The standard InChI is InChI=1S/C7H11NS/c1-3-8(2)7-4-5-9-6-7/h4-6H,3H2,1-2H3. The molecule has 0 atom stereocenters. The van der Waals surface area contributed by atoms with Gasteiger partial charge in [0.05, 0.1) is 0 Å². The largest absolute Gasteiger partial charge is 0.374 e. The van der Waals surface area contributed by atoms with E-state index in [-0.39, 0.29) is 0 Å². The molecule has 1 nitrogen and oxygen atoms in total. The van der Waals surface area contributed by atoms with E-state index in [4.69, 9.17) is 0 Å². The molecule has 0 aromatic carbocycles. The normalized spacial score (nSPS) is 9.56. The molecule has 0 unspecified atom stereocenters. The number of anilines is 1. The molecule has 0 fully saturated rings. The zero-order valence-electron chi connectivity index (χ0n) is 5.79. The Kier molecular flexibility index (Phi) is 2.11. The summed E-state index contributed by atoms with van der Waals surface area (Å²) in [7, 11) is 2.10. The Labute approximate surface area is 59.9 Å². The van der Waals surface area contributed by atoms with Gasteiger partial charge in [0.15, 0.2) is 0 Å². The molecule has 1 heterocycles. The summed E-state index contributed by atoms with van der Waals surface area (Å²) in [6.07, 6.45) is 0. The lowest BCUT2D eigenvalue weighted by atomic mass is 10.5. The Morgan fingerprint density at radius 1 is 1.67 bits per heavy atom. The molecule has 0 aliphatic carbocycles. The Bertz CT molecular complexity index is 157. The highest BCUT2D eigenvalue weighted by molar-refractivity contribution is 7.08. The number of rotatable bonds is 2. The number of hydrogen-bond donors (Lipinski definition) is 0. The molecule has 0 aliphatic heterocycles. The fourth-order valence-electron chi connectivity index (χ4n) is 0.657. The van der Waals surface area contributed by atoms with E-state index in [1.54, 1.807) is 11.3 Å². The van der Waals surface area contributed by atoms with Gasteiger partial charge in [-0.1, -0.05) is 0 Å². The van der Waals surface area contributed by atoms with Crippen LogP contribution in [0, 0.1) is 0 Å². The lowest BCUT2D eigenvalue weighted by molar-refractivity contribution is 0.972. The first kappa shape index (κ1) is 6.62. The molecule has 0 saturated heterocycles. The summed E-state index contributed by atoms with van der Waals surface area (Å²) in [4.78, 5) is 2.22. The molecule has 0 radical (unpaired) electrons. The van der Waals surface area contributed by atoms with Gasteiger partial charge in [-0.05, 0) is 18.4 Å². The fraction of sp³-hybridized carbons (Fsp3) is 0.429. The van der Waals surface area contributed by atoms with Gasteiger partial charge in [-0.15, -0.1) is 0 Å². The quantitative estimate of drug-likeness (QED) is 0.610. The Hall–Kier alpha value is -0.500. The Balaban J connectivity index is 2.65. The van der Waals surface area contributed by atoms with Gasteiger partial charge < -0.3 is 4.90 Å². The summed E-state index contributed by atoms with van der Waals surface area (Å²) < 4.78 is 0. The Morgan fingerprint density at radius 2 is 2.44 bits per heavy atom. The molecule has 2 heteroatoms. The first-order chi connectivity index (χ1) is 4.34. The van der Waals surface area contributed by atoms with Gasteiger partial charge in [0.25, 0.3) is 0 Å². The van der Waals surface area contributed by atoms with Crippen LogP contribution in [0.2, 0.25) is 0 Å². The van der Waals surface area contributed by atoms with Crippen LogP contribution in [0.3, 0.4) is 0 Å². The van der Waals surface area contributed by atoms with Gasteiger partial charge >= 0.3 is 0 Å². The van der Waals surface area contributed by atoms with E-state index in [1.165, 1.54) is 5.69 Å². The second-order valence-corrected chi connectivity index (χ2v) is 2.78. The van der Waals surface area contributed by atoms with Crippen molar-refractivity contribution in [3.05, 3.63) is 16.8 Å². The minimum absolute atomic E-state index is 1.08. The van der Waals surface area contributed by atoms with Crippen LogP contribution < -0.4 is 4.90 Å². The molecule has 0 amide bonds. The summed E-state index contributed by atoms with van der Waals surface area (Å²) in [6.45, 7) is 3.23. The summed E-state index contributed by atoms with van der Waals surface area (Å²) in [5, 5.41) is 4.25. The maximum absolute atomic E-state index is 2.22. The first-order valence-electron chi connectivity index (χ1n) is 3.08. The predicted molar refractivity (Wildman–Crippen MR) is 43.3 cm³/mol. The fourth-order valence-corrected chi connectivity index (χ4v) is 1.35. The highest BCUT2D eigenvalue weighted by Gasteiger charge is 1.94. The average molecular weight is 141 g/mol. The molecule has 0 N–H and O–H groups in total. The third-order valence-electron chi connectivity index (χ3n) is 1.42. The molecular weight excluding hydrogens is 130 g/mol. The molecule has 0 aliphatic rings. The summed E-state index contributed by atoms with van der Waals surface area (Å²) in [5.74, 6) is 0. The van der Waals surface area contributed by atoms with Gasteiger partial charge in [0.1, 0.15) is 0 Å². The molecule has 9 heavy (non-hydrogen) atoms. The zero-order chi connectivity index (χ0) is 6.69. The maximum Gasteiger partial charge on any atom is 0.0472 e. The lowest BCUT2D eigenvalue weighted by Gasteiger charge is -2.13. The first-order valence-corrected chi connectivity index (χ1v) is 4.02. The van der Waals surface area contributed by atoms with Crippen molar-refractivity contribution in [2.75, 3.05) is 18.5 Å². The van der Waals surface area contributed by atoms with E-state index in [2.05, 4.69) is 35.7 Å². The van der Waals surface area contributed by atoms with Gasteiger partial charge in [0.2, 0.25) is 0 Å². The van der Waals surface area contributed by atoms with E-state index < -0.39 is 0 Å². The van der Waals surface area contributed by atoms with Gasteiger partial charge in [0, 0.05) is 24.7 Å². The van der Waals surface area contributed by atoms with Crippen molar-refractivity contribution in [3.8, 4) is 0 Å². The molecule has 50 valence electrons. The van der Waals surface area contributed by atoms with Crippen LogP contribution in [0.15, 0.2) is 16.8 Å². The summed E-state index contributed by atoms with van der Waals surface area (Å²) in [6, 6.07) is 2.13. The van der Waals surface area contributed by atoms with E-state index in [9.17, 15) is 0 Å². The monoisotopic (exact) mass is 141 g/mol. The third kappa shape index (κ3) is 1.45. The van der Waals surface area contributed by atoms with Gasteiger partial charge in [-0.3, -0.25) is 0 Å². The van der Waals surface area contributed by atoms with Crippen molar-refractivity contribution in [1.82, 2.24) is 0 Å². The van der Waals surface area contributed by atoms with Crippen molar-refractivity contribution >= 4 is 17.0 Å². The van der Waals surface area contributed by atoms with Crippen LogP contribution in [-0.4, -0.2) is 13.6 Å². The lowest BCUT2D eigenvalue weighted by Crippen LogP contribution is -2.14. The van der Waals surface area contributed by atoms with Gasteiger partial charge in [-0.25, -0.2) is 0 Å². The number of hydrogen-bond acceptors (Lipinski definition) is 2. The molecule has 1 rings (SSSR count). The minimum Gasteiger partial charge on any atom is -0.374 e. The molecule has 0 bridgehead atoms. The van der Waals surface area contributed by atoms with Crippen LogP contribution in [0.1, 0.15) is 6.92 Å². The van der Waals surface area contributed by atoms with E-state index in [0.29, 0.717) is 0 Å². The van der Waals surface area contributed by atoms with Crippen LogP contribution in [0.25, 0.3) is 0 Å². The van der Waals surface area contributed by atoms with Crippen LogP contribution in [0.5, 0.6) is 0 Å². The highest BCUT2D eigenvalue weighted by Crippen LogP contribution is 2.15. The van der Waals surface area contributed by atoms with Crippen molar-refractivity contribution in [1.29, 1.82) is 0 Å². The second-order valence-electron chi connectivity index (χ2n) is 2.00. The number of nitrogens with zero attached hydrogens (tertiary/aromatic N) is 1. The summed E-state index contributed by atoms with van der Waals surface area (Å²) in [5.41, 5.74) is 1.32. The zero-order valence-corrected chi connectivity index (χ0v) is 6.61. The van der Waals surface area contributed by atoms with E-state index >= 15 is 0 Å². The predicted octanol–water partition coefficient (Wildman–Crippen LogP) is 2.20. The molecule has 1 aromatic rings. The van der Waals surface area contributed by atoms with Crippen molar-refractivity contribution in [2.24, 2.45) is 0 Å². The summed E-state index contributed by atoms with van der Waals surface area (Å²) >= 11 is 1.74. The SMILES string of the molecule is CCN(C)c1ccsc1. The van der Waals surface area contributed by atoms with Crippen molar-refractivity contribution < 1.29 is 0 Å². The molecule has 0 saturated carbocycles.